The molecular weight excluding hydrogens is 358 g/mol. The van der Waals surface area contributed by atoms with E-state index in [9.17, 15) is 15.5 Å². The van der Waals surface area contributed by atoms with Crippen LogP contribution in [0.1, 0.15) is 91.4 Å². The number of aliphatic hydroxyl groups excluding tert-OH is 2. The Bertz CT molecular complexity index is 677. The van der Waals surface area contributed by atoms with Crippen LogP contribution in [-0.2, 0) is 0 Å². The molecule has 0 aromatic carbocycles. The van der Waals surface area contributed by atoms with Crippen molar-refractivity contribution in [1.29, 1.82) is 5.26 Å². The van der Waals surface area contributed by atoms with E-state index in [1.54, 1.807) is 5.57 Å². The standard InChI is InChI=1S/C26H41NO2/c1-25(2,16-27)24(29)6-4-5-17-7-9-21-20(17)11-12-23-22(21)10-8-18-15-19(28)13-14-26(18,23)3/h8,17,19-24,28-29H,4-7,9-15H2,1-3H3. The Hall–Kier alpha value is -0.850. The molecule has 4 rings (SSSR count). The number of aliphatic hydroxyl groups is 2. The molecule has 29 heavy (non-hydrogen) atoms. The Balaban J connectivity index is 1.37. The number of nitrogens with zero attached hydrogens (tertiary/aromatic N) is 1. The highest BCUT2D eigenvalue weighted by molar-refractivity contribution is 5.24. The first-order valence-corrected chi connectivity index (χ1v) is 12.2. The fourth-order valence-electron chi connectivity index (χ4n) is 7.78. The number of hydrogen-bond donors (Lipinski definition) is 2. The first-order valence-electron chi connectivity index (χ1n) is 12.2. The number of fused-ring (bicyclic) bond motifs is 5. The van der Waals surface area contributed by atoms with Gasteiger partial charge in [0.1, 0.15) is 0 Å². The Morgan fingerprint density at radius 1 is 1.17 bits per heavy atom. The lowest BCUT2D eigenvalue weighted by molar-refractivity contribution is -0.0123. The van der Waals surface area contributed by atoms with Gasteiger partial charge >= 0.3 is 0 Å². The van der Waals surface area contributed by atoms with E-state index in [4.69, 9.17) is 0 Å². The van der Waals surface area contributed by atoms with Crippen LogP contribution in [0.5, 0.6) is 0 Å². The molecule has 8 unspecified atom stereocenters. The summed E-state index contributed by atoms with van der Waals surface area (Å²) in [4.78, 5) is 0. The van der Waals surface area contributed by atoms with Crippen molar-refractivity contribution in [2.75, 3.05) is 0 Å². The highest BCUT2D eigenvalue weighted by Crippen LogP contribution is 2.62. The molecule has 0 aromatic rings. The highest BCUT2D eigenvalue weighted by Gasteiger charge is 2.53. The van der Waals surface area contributed by atoms with E-state index in [1.807, 2.05) is 13.8 Å². The Morgan fingerprint density at radius 3 is 2.69 bits per heavy atom. The number of hydrogen-bond acceptors (Lipinski definition) is 3. The van der Waals surface area contributed by atoms with Gasteiger partial charge in [-0.1, -0.05) is 31.4 Å². The molecule has 0 aromatic heterocycles. The maximum atomic E-state index is 10.3. The van der Waals surface area contributed by atoms with Gasteiger partial charge in [0.05, 0.1) is 23.7 Å². The molecule has 3 heteroatoms. The second-order valence-electron chi connectivity index (χ2n) is 11.6. The van der Waals surface area contributed by atoms with E-state index in [0.29, 0.717) is 5.41 Å². The summed E-state index contributed by atoms with van der Waals surface area (Å²) in [6, 6.07) is 2.25. The van der Waals surface area contributed by atoms with Crippen LogP contribution in [0.25, 0.3) is 0 Å². The third-order valence-electron chi connectivity index (χ3n) is 9.72. The van der Waals surface area contributed by atoms with Gasteiger partial charge in [0.2, 0.25) is 0 Å². The molecule has 162 valence electrons. The maximum absolute atomic E-state index is 10.3. The lowest BCUT2D eigenvalue weighted by atomic mass is 9.50. The quantitative estimate of drug-likeness (QED) is 0.590. The predicted molar refractivity (Wildman–Crippen MR) is 116 cm³/mol. The van der Waals surface area contributed by atoms with Gasteiger partial charge in [0, 0.05) is 0 Å². The summed E-state index contributed by atoms with van der Waals surface area (Å²) in [7, 11) is 0. The molecule has 0 saturated heterocycles. The molecule has 0 radical (unpaired) electrons. The van der Waals surface area contributed by atoms with Crippen molar-refractivity contribution in [1.82, 2.24) is 0 Å². The van der Waals surface area contributed by atoms with E-state index in [-0.39, 0.29) is 6.10 Å². The van der Waals surface area contributed by atoms with Gasteiger partial charge in [-0.15, -0.1) is 0 Å². The molecule has 0 heterocycles. The summed E-state index contributed by atoms with van der Waals surface area (Å²) in [5.41, 5.74) is 1.28. The van der Waals surface area contributed by atoms with Crippen LogP contribution >= 0.6 is 0 Å². The van der Waals surface area contributed by atoms with E-state index in [2.05, 4.69) is 19.1 Å². The summed E-state index contributed by atoms with van der Waals surface area (Å²) in [5.74, 6) is 4.27. The van der Waals surface area contributed by atoms with Crippen molar-refractivity contribution in [3.8, 4) is 6.07 Å². The number of nitriles is 1. The number of allylic oxidation sites excluding steroid dienone is 1. The Morgan fingerprint density at radius 2 is 1.93 bits per heavy atom. The summed E-state index contributed by atoms with van der Waals surface area (Å²) in [6.45, 7) is 6.20. The molecule has 2 N–H and O–H groups in total. The number of rotatable bonds is 5. The van der Waals surface area contributed by atoms with Crippen molar-refractivity contribution < 1.29 is 10.2 Å². The SMILES string of the molecule is CC(C)(C#N)C(O)CCCC1CCC2C1CCC1C2CC=C2CC(O)CCC21C. The topological polar surface area (TPSA) is 64.2 Å². The molecule has 8 atom stereocenters. The summed E-state index contributed by atoms with van der Waals surface area (Å²) >= 11 is 0. The monoisotopic (exact) mass is 399 g/mol. The molecule has 0 amide bonds. The van der Waals surface area contributed by atoms with Crippen LogP contribution < -0.4 is 0 Å². The molecule has 4 aliphatic carbocycles. The molecule has 3 saturated carbocycles. The minimum atomic E-state index is -0.634. The van der Waals surface area contributed by atoms with E-state index < -0.39 is 11.5 Å². The summed E-state index contributed by atoms with van der Waals surface area (Å²) < 4.78 is 0. The van der Waals surface area contributed by atoms with Gasteiger partial charge in [-0.2, -0.15) is 5.26 Å². The maximum Gasteiger partial charge on any atom is 0.0776 e. The summed E-state index contributed by atoms with van der Waals surface area (Å²) in [6.07, 6.45) is 14.8. The third kappa shape index (κ3) is 3.81. The van der Waals surface area contributed by atoms with Crippen LogP contribution in [0, 0.1) is 51.8 Å². The van der Waals surface area contributed by atoms with Gasteiger partial charge < -0.3 is 10.2 Å². The van der Waals surface area contributed by atoms with Crippen LogP contribution in [0.2, 0.25) is 0 Å². The lowest BCUT2D eigenvalue weighted by Gasteiger charge is -2.55. The smallest absolute Gasteiger partial charge is 0.0776 e. The van der Waals surface area contributed by atoms with Gasteiger partial charge in [-0.05, 0) is 107 Å². The van der Waals surface area contributed by atoms with Crippen molar-refractivity contribution in [3.05, 3.63) is 11.6 Å². The lowest BCUT2D eigenvalue weighted by Crippen LogP contribution is -2.47. The fourth-order valence-corrected chi connectivity index (χ4v) is 7.78. The molecule has 0 bridgehead atoms. The Labute approximate surface area is 177 Å². The van der Waals surface area contributed by atoms with Gasteiger partial charge in [0.25, 0.3) is 0 Å². The largest absolute Gasteiger partial charge is 0.393 e. The highest BCUT2D eigenvalue weighted by atomic mass is 16.3. The molecule has 3 fully saturated rings. The van der Waals surface area contributed by atoms with Gasteiger partial charge in [-0.3, -0.25) is 0 Å². The zero-order valence-corrected chi connectivity index (χ0v) is 18.7. The van der Waals surface area contributed by atoms with Crippen LogP contribution in [0.4, 0.5) is 0 Å². The van der Waals surface area contributed by atoms with Crippen molar-refractivity contribution in [2.45, 2.75) is 104 Å². The average molecular weight is 400 g/mol. The van der Waals surface area contributed by atoms with Crippen LogP contribution in [0.15, 0.2) is 11.6 Å². The Kier molecular flexibility index (Phi) is 5.91. The summed E-state index contributed by atoms with van der Waals surface area (Å²) in [5, 5.41) is 29.7. The first-order chi connectivity index (χ1) is 13.8. The van der Waals surface area contributed by atoms with E-state index in [0.717, 1.165) is 55.3 Å². The molecule has 0 aliphatic heterocycles. The molecule has 4 aliphatic rings. The van der Waals surface area contributed by atoms with Crippen LogP contribution in [-0.4, -0.2) is 22.4 Å². The molecule has 3 nitrogen and oxygen atoms in total. The average Bonchev–Trinajstić information content (AvgIpc) is 3.11. The predicted octanol–water partition coefficient (Wildman–Crippen LogP) is 5.62. The van der Waals surface area contributed by atoms with Gasteiger partial charge in [0.15, 0.2) is 0 Å². The van der Waals surface area contributed by atoms with E-state index >= 15 is 0 Å². The molecular formula is C26H41NO2. The zero-order chi connectivity index (χ0) is 20.8. The van der Waals surface area contributed by atoms with Crippen LogP contribution in [0.3, 0.4) is 0 Å². The molecule has 0 spiro atoms. The minimum absolute atomic E-state index is 0.112. The second kappa shape index (κ2) is 8.01. The second-order valence-corrected chi connectivity index (χ2v) is 11.6. The third-order valence-corrected chi connectivity index (χ3v) is 9.72. The van der Waals surface area contributed by atoms with Gasteiger partial charge in [-0.25, -0.2) is 0 Å². The fraction of sp³-hybridized carbons (Fsp3) is 0.885. The minimum Gasteiger partial charge on any atom is -0.393 e. The normalized spacial score (nSPS) is 42.8. The van der Waals surface area contributed by atoms with E-state index in [1.165, 1.54) is 44.9 Å². The first kappa shape index (κ1) is 21.4. The zero-order valence-electron chi connectivity index (χ0n) is 18.7. The van der Waals surface area contributed by atoms with Crippen molar-refractivity contribution in [3.63, 3.8) is 0 Å². The van der Waals surface area contributed by atoms with Crippen molar-refractivity contribution in [2.24, 2.45) is 40.4 Å². The van der Waals surface area contributed by atoms with Crippen molar-refractivity contribution >= 4 is 0 Å².